The Morgan fingerprint density at radius 3 is 2.48 bits per heavy atom. The van der Waals surface area contributed by atoms with Crippen LogP contribution in [0.25, 0.3) is 0 Å². The maximum Gasteiger partial charge on any atom is 0.321 e. The summed E-state index contributed by atoms with van der Waals surface area (Å²) in [6.07, 6.45) is 3.58. The molecule has 7 nitrogen and oxygen atoms in total. The van der Waals surface area contributed by atoms with Gasteiger partial charge in [0.05, 0.1) is 10.7 Å². The average Bonchev–Trinajstić information content (AvgIpc) is 3.39. The molecule has 2 fully saturated rings. The van der Waals surface area contributed by atoms with Crippen LogP contribution in [0.3, 0.4) is 0 Å². The molecule has 2 aliphatic heterocycles. The SMILES string of the molecule is Cc1oc(C2CCN(C(=O)Nc3ccccc3Cl)CC2)nc1C(=O)N1CCCC1. The second-order valence-corrected chi connectivity index (χ2v) is 8.03. The lowest BCUT2D eigenvalue weighted by Gasteiger charge is -2.30. The number of piperidine rings is 1. The Morgan fingerprint density at radius 1 is 1.10 bits per heavy atom. The summed E-state index contributed by atoms with van der Waals surface area (Å²) < 4.78 is 5.85. The molecular weight excluding hydrogens is 392 g/mol. The second kappa shape index (κ2) is 8.45. The van der Waals surface area contributed by atoms with Crippen LogP contribution >= 0.6 is 11.6 Å². The van der Waals surface area contributed by atoms with E-state index in [0.29, 0.717) is 41.1 Å². The first-order valence-corrected chi connectivity index (χ1v) is 10.5. The van der Waals surface area contributed by atoms with Crippen molar-refractivity contribution in [3.8, 4) is 0 Å². The highest BCUT2D eigenvalue weighted by Gasteiger charge is 2.30. The molecule has 1 aromatic heterocycles. The van der Waals surface area contributed by atoms with Gasteiger partial charge in [-0.05, 0) is 44.7 Å². The number of nitrogens with one attached hydrogen (secondary N) is 1. The van der Waals surface area contributed by atoms with Gasteiger partial charge in [-0.1, -0.05) is 23.7 Å². The number of urea groups is 1. The van der Waals surface area contributed by atoms with Gasteiger partial charge in [0.25, 0.3) is 5.91 Å². The highest BCUT2D eigenvalue weighted by Crippen LogP contribution is 2.30. The lowest BCUT2D eigenvalue weighted by Crippen LogP contribution is -2.40. The van der Waals surface area contributed by atoms with Crippen LogP contribution in [0.2, 0.25) is 5.02 Å². The third-order valence-corrected chi connectivity index (χ3v) is 5.99. The van der Waals surface area contributed by atoms with E-state index in [1.807, 2.05) is 17.0 Å². The fourth-order valence-electron chi connectivity index (χ4n) is 3.95. The zero-order valence-electron chi connectivity index (χ0n) is 16.5. The maximum absolute atomic E-state index is 12.6. The zero-order valence-corrected chi connectivity index (χ0v) is 17.2. The average molecular weight is 417 g/mol. The van der Waals surface area contributed by atoms with E-state index >= 15 is 0 Å². The van der Waals surface area contributed by atoms with E-state index in [-0.39, 0.29) is 17.9 Å². The summed E-state index contributed by atoms with van der Waals surface area (Å²) in [5.41, 5.74) is 1.04. The molecule has 0 unspecified atom stereocenters. The molecule has 8 heteroatoms. The van der Waals surface area contributed by atoms with Gasteiger partial charge in [0.15, 0.2) is 11.6 Å². The van der Waals surface area contributed by atoms with Gasteiger partial charge >= 0.3 is 6.03 Å². The van der Waals surface area contributed by atoms with Crippen molar-refractivity contribution in [2.24, 2.45) is 0 Å². The normalized spacial score (nSPS) is 17.6. The molecule has 2 aromatic rings. The molecule has 2 aliphatic rings. The number of aromatic nitrogens is 1. The number of hydrogen-bond donors (Lipinski definition) is 1. The van der Waals surface area contributed by atoms with Crippen molar-refractivity contribution in [2.45, 2.75) is 38.5 Å². The Balaban J connectivity index is 1.36. The number of hydrogen-bond acceptors (Lipinski definition) is 4. The van der Waals surface area contributed by atoms with Crippen LogP contribution in [0.5, 0.6) is 0 Å². The van der Waals surface area contributed by atoms with Crippen LogP contribution in [-0.4, -0.2) is 52.9 Å². The number of nitrogens with zero attached hydrogens (tertiary/aromatic N) is 3. The van der Waals surface area contributed by atoms with Crippen LogP contribution in [0.15, 0.2) is 28.7 Å². The number of oxazole rings is 1. The van der Waals surface area contributed by atoms with E-state index in [1.165, 1.54) is 0 Å². The molecule has 29 heavy (non-hydrogen) atoms. The second-order valence-electron chi connectivity index (χ2n) is 7.63. The number of para-hydroxylation sites is 1. The Bertz CT molecular complexity index is 899. The number of likely N-dealkylation sites (tertiary alicyclic amines) is 2. The maximum atomic E-state index is 12.6. The number of carbonyl (C=O) groups is 2. The first-order chi connectivity index (χ1) is 14.0. The topological polar surface area (TPSA) is 78.7 Å². The Morgan fingerprint density at radius 2 is 1.79 bits per heavy atom. The molecule has 0 atom stereocenters. The van der Waals surface area contributed by atoms with Crippen molar-refractivity contribution in [1.29, 1.82) is 0 Å². The number of aryl methyl sites for hydroxylation is 1. The van der Waals surface area contributed by atoms with Crippen molar-refractivity contribution < 1.29 is 14.0 Å². The molecule has 1 aromatic carbocycles. The van der Waals surface area contributed by atoms with Gasteiger partial charge in [-0.25, -0.2) is 9.78 Å². The standard InChI is InChI=1S/C21H25ClN4O3/c1-14-18(20(27)25-10-4-5-11-25)24-19(29-14)15-8-12-26(13-9-15)21(28)23-17-7-3-2-6-16(17)22/h2-3,6-7,15H,4-5,8-13H2,1H3,(H,23,28). The molecule has 3 heterocycles. The summed E-state index contributed by atoms with van der Waals surface area (Å²) in [7, 11) is 0. The summed E-state index contributed by atoms with van der Waals surface area (Å²) in [5.74, 6) is 1.26. The van der Waals surface area contributed by atoms with Gasteiger partial charge in [0.2, 0.25) is 0 Å². The first kappa shape index (κ1) is 19.8. The quantitative estimate of drug-likeness (QED) is 0.809. The largest absolute Gasteiger partial charge is 0.445 e. The summed E-state index contributed by atoms with van der Waals surface area (Å²) in [5, 5.41) is 3.37. The summed E-state index contributed by atoms with van der Waals surface area (Å²) >= 11 is 6.12. The molecule has 1 N–H and O–H groups in total. The summed E-state index contributed by atoms with van der Waals surface area (Å²) in [6.45, 7) is 4.57. The van der Waals surface area contributed by atoms with Gasteiger partial charge < -0.3 is 19.5 Å². The third-order valence-electron chi connectivity index (χ3n) is 5.66. The summed E-state index contributed by atoms with van der Waals surface area (Å²) in [4.78, 5) is 33.3. The van der Waals surface area contributed by atoms with Gasteiger partial charge in [-0.3, -0.25) is 4.79 Å². The monoisotopic (exact) mass is 416 g/mol. The molecule has 2 saturated heterocycles. The number of halogens is 1. The highest BCUT2D eigenvalue weighted by molar-refractivity contribution is 6.33. The van der Waals surface area contributed by atoms with Crippen LogP contribution in [-0.2, 0) is 0 Å². The fraction of sp³-hybridized carbons (Fsp3) is 0.476. The van der Waals surface area contributed by atoms with E-state index in [9.17, 15) is 9.59 Å². The van der Waals surface area contributed by atoms with Gasteiger partial charge in [0, 0.05) is 32.1 Å². The molecule has 4 rings (SSSR count). The van der Waals surface area contributed by atoms with Crippen molar-refractivity contribution in [1.82, 2.24) is 14.8 Å². The Kier molecular flexibility index (Phi) is 5.76. The van der Waals surface area contributed by atoms with Gasteiger partial charge in [-0.15, -0.1) is 0 Å². The highest BCUT2D eigenvalue weighted by atomic mass is 35.5. The minimum absolute atomic E-state index is 0.0356. The van der Waals surface area contributed by atoms with E-state index in [0.717, 1.165) is 38.8 Å². The van der Waals surface area contributed by atoms with E-state index in [2.05, 4.69) is 10.3 Å². The number of anilines is 1. The van der Waals surface area contributed by atoms with E-state index < -0.39 is 0 Å². The minimum atomic E-state index is -0.162. The predicted octanol–water partition coefficient (Wildman–Crippen LogP) is 4.28. The molecule has 3 amide bonds. The molecule has 0 bridgehead atoms. The smallest absolute Gasteiger partial charge is 0.321 e. The predicted molar refractivity (Wildman–Crippen MR) is 110 cm³/mol. The summed E-state index contributed by atoms with van der Waals surface area (Å²) in [6, 6.07) is 7.02. The van der Waals surface area contributed by atoms with Gasteiger partial charge in [-0.2, -0.15) is 0 Å². The third kappa shape index (κ3) is 4.24. The lowest BCUT2D eigenvalue weighted by molar-refractivity contribution is 0.0786. The van der Waals surface area contributed by atoms with Crippen molar-refractivity contribution in [3.05, 3.63) is 46.6 Å². The Labute approximate surface area is 175 Å². The van der Waals surface area contributed by atoms with Crippen molar-refractivity contribution in [3.63, 3.8) is 0 Å². The van der Waals surface area contributed by atoms with E-state index in [4.69, 9.17) is 16.0 Å². The Hall–Kier alpha value is -2.54. The number of rotatable bonds is 3. The van der Waals surface area contributed by atoms with Gasteiger partial charge in [0.1, 0.15) is 5.76 Å². The van der Waals surface area contributed by atoms with Crippen LogP contribution in [0.1, 0.15) is 53.7 Å². The van der Waals surface area contributed by atoms with Crippen LogP contribution in [0, 0.1) is 6.92 Å². The lowest BCUT2D eigenvalue weighted by atomic mass is 9.97. The number of amides is 3. The molecule has 0 radical (unpaired) electrons. The van der Waals surface area contributed by atoms with Crippen LogP contribution < -0.4 is 5.32 Å². The molecule has 0 aliphatic carbocycles. The number of carbonyl (C=O) groups excluding carboxylic acids is 2. The molecule has 0 saturated carbocycles. The van der Waals surface area contributed by atoms with Crippen molar-refractivity contribution in [2.75, 3.05) is 31.5 Å². The molecular formula is C21H25ClN4O3. The molecule has 154 valence electrons. The fourth-order valence-corrected chi connectivity index (χ4v) is 4.13. The van der Waals surface area contributed by atoms with Crippen LogP contribution in [0.4, 0.5) is 10.5 Å². The van der Waals surface area contributed by atoms with Crippen molar-refractivity contribution >= 4 is 29.2 Å². The first-order valence-electron chi connectivity index (χ1n) is 10.1. The zero-order chi connectivity index (χ0) is 20.4. The minimum Gasteiger partial charge on any atom is -0.445 e. The molecule has 0 spiro atoms. The number of benzene rings is 1. The van der Waals surface area contributed by atoms with E-state index in [1.54, 1.807) is 24.0 Å².